The lowest BCUT2D eigenvalue weighted by atomic mass is 10.3. The van der Waals surface area contributed by atoms with Gasteiger partial charge in [-0.1, -0.05) is 0 Å². The molecule has 8 heteroatoms. The number of carbonyl (C=O) groups is 1. The Kier molecular flexibility index (Phi) is 11.0. The number of hydrogen-bond donors (Lipinski definition) is 1. The zero-order valence-electron chi connectivity index (χ0n) is 12.5. The number of esters is 1. The SMILES string of the molecule is CCOP(=O)(CCN(CCO)CCC(=O)OC)OCC. The number of hydrogen-bond acceptors (Lipinski definition) is 7. The van der Waals surface area contributed by atoms with Gasteiger partial charge in [0.05, 0.1) is 39.5 Å². The standard InChI is InChI=1S/C12H26NO6P/c1-4-18-20(16,19-5-2)11-9-13(8-10-14)7-6-12(15)17-3/h14H,4-11H2,1-3H3. The molecule has 0 saturated carbocycles. The van der Waals surface area contributed by atoms with Crippen LogP contribution in [0, 0.1) is 0 Å². The number of nitrogens with zero attached hydrogens (tertiary/aromatic N) is 1. The summed E-state index contributed by atoms with van der Waals surface area (Å²) in [5.41, 5.74) is 0. The molecule has 0 amide bonds. The molecule has 0 aromatic heterocycles. The molecule has 0 saturated heterocycles. The number of methoxy groups -OCH3 is 1. The highest BCUT2D eigenvalue weighted by Gasteiger charge is 2.24. The summed E-state index contributed by atoms with van der Waals surface area (Å²) in [6.45, 7) is 5.38. The molecule has 120 valence electrons. The van der Waals surface area contributed by atoms with Gasteiger partial charge < -0.3 is 18.9 Å². The first-order valence-corrected chi connectivity index (χ1v) is 8.52. The lowest BCUT2D eigenvalue weighted by Crippen LogP contribution is -2.32. The molecule has 20 heavy (non-hydrogen) atoms. The molecular formula is C12H26NO6P. The lowest BCUT2D eigenvalue weighted by molar-refractivity contribution is -0.141. The van der Waals surface area contributed by atoms with Crippen LogP contribution in [0.4, 0.5) is 0 Å². The van der Waals surface area contributed by atoms with Crippen molar-refractivity contribution in [1.29, 1.82) is 0 Å². The van der Waals surface area contributed by atoms with Gasteiger partial charge in [0.25, 0.3) is 0 Å². The second-order valence-electron chi connectivity index (χ2n) is 4.06. The third-order valence-electron chi connectivity index (χ3n) is 2.62. The Bertz CT molecular complexity index is 302. The molecule has 0 aliphatic rings. The second-order valence-corrected chi connectivity index (χ2v) is 6.25. The summed E-state index contributed by atoms with van der Waals surface area (Å²) in [6.07, 6.45) is 0.458. The van der Waals surface area contributed by atoms with Crippen LogP contribution in [0.15, 0.2) is 0 Å². The summed E-state index contributed by atoms with van der Waals surface area (Å²) in [7, 11) is -1.76. The van der Waals surface area contributed by atoms with Gasteiger partial charge in [0.15, 0.2) is 0 Å². The molecule has 0 aromatic carbocycles. The van der Waals surface area contributed by atoms with E-state index in [2.05, 4.69) is 4.74 Å². The normalized spacial score (nSPS) is 11.8. The zero-order valence-corrected chi connectivity index (χ0v) is 13.4. The van der Waals surface area contributed by atoms with Gasteiger partial charge in [-0.15, -0.1) is 0 Å². The van der Waals surface area contributed by atoms with Crippen LogP contribution in [0.1, 0.15) is 20.3 Å². The molecular weight excluding hydrogens is 285 g/mol. The van der Waals surface area contributed by atoms with Crippen LogP contribution in [0.5, 0.6) is 0 Å². The Morgan fingerprint density at radius 1 is 1.15 bits per heavy atom. The van der Waals surface area contributed by atoms with Gasteiger partial charge in [0.2, 0.25) is 0 Å². The molecule has 1 N–H and O–H groups in total. The Morgan fingerprint density at radius 2 is 1.75 bits per heavy atom. The number of aliphatic hydroxyl groups excluding tert-OH is 1. The maximum absolute atomic E-state index is 12.3. The lowest BCUT2D eigenvalue weighted by Gasteiger charge is -2.23. The van der Waals surface area contributed by atoms with Crippen molar-refractivity contribution >= 4 is 13.6 Å². The average molecular weight is 311 g/mol. The Hall–Kier alpha value is -0.460. The van der Waals surface area contributed by atoms with Crippen molar-refractivity contribution in [2.75, 3.05) is 52.7 Å². The van der Waals surface area contributed by atoms with Crippen molar-refractivity contribution in [1.82, 2.24) is 4.90 Å². The molecule has 0 fully saturated rings. The highest BCUT2D eigenvalue weighted by molar-refractivity contribution is 7.53. The first kappa shape index (κ1) is 19.5. The topological polar surface area (TPSA) is 85.3 Å². The van der Waals surface area contributed by atoms with E-state index in [9.17, 15) is 9.36 Å². The molecule has 7 nitrogen and oxygen atoms in total. The maximum Gasteiger partial charge on any atom is 0.331 e. The molecule has 0 aromatic rings. The van der Waals surface area contributed by atoms with Crippen LogP contribution in [0.3, 0.4) is 0 Å². The smallest absolute Gasteiger partial charge is 0.331 e. The van der Waals surface area contributed by atoms with Gasteiger partial charge in [0.1, 0.15) is 0 Å². The molecule has 0 radical (unpaired) electrons. The van der Waals surface area contributed by atoms with Crippen molar-refractivity contribution in [3.8, 4) is 0 Å². The number of ether oxygens (including phenoxy) is 1. The molecule has 0 heterocycles. The molecule has 0 aliphatic carbocycles. The van der Waals surface area contributed by atoms with Gasteiger partial charge in [-0.2, -0.15) is 0 Å². The fourth-order valence-corrected chi connectivity index (χ4v) is 3.30. The van der Waals surface area contributed by atoms with E-state index in [1.807, 2.05) is 4.90 Å². The van der Waals surface area contributed by atoms with E-state index in [0.717, 1.165) is 0 Å². The van der Waals surface area contributed by atoms with E-state index in [1.165, 1.54) is 7.11 Å². The number of rotatable bonds is 12. The minimum absolute atomic E-state index is 0.0330. The van der Waals surface area contributed by atoms with Crippen molar-refractivity contribution in [2.45, 2.75) is 20.3 Å². The number of aliphatic hydroxyl groups is 1. The van der Waals surface area contributed by atoms with Crippen molar-refractivity contribution < 1.29 is 28.3 Å². The average Bonchev–Trinajstić information content (AvgIpc) is 2.42. The number of carbonyl (C=O) groups excluding carboxylic acids is 1. The van der Waals surface area contributed by atoms with E-state index in [0.29, 0.717) is 32.8 Å². The van der Waals surface area contributed by atoms with Crippen LogP contribution in [-0.2, 0) is 23.1 Å². The predicted octanol–water partition coefficient (Wildman–Crippen LogP) is 1.11. The maximum atomic E-state index is 12.3. The summed E-state index contributed by atoms with van der Waals surface area (Å²) < 4.78 is 27.3. The van der Waals surface area contributed by atoms with Crippen LogP contribution in [0.2, 0.25) is 0 Å². The minimum atomic E-state index is -3.09. The summed E-state index contributed by atoms with van der Waals surface area (Å²) >= 11 is 0. The van der Waals surface area contributed by atoms with Crippen LogP contribution >= 0.6 is 7.60 Å². The van der Waals surface area contributed by atoms with Crippen LogP contribution in [-0.4, -0.2) is 68.7 Å². The fourth-order valence-electron chi connectivity index (χ4n) is 1.65. The quantitative estimate of drug-likeness (QED) is 0.427. The molecule has 0 unspecified atom stereocenters. The van der Waals surface area contributed by atoms with Gasteiger partial charge >= 0.3 is 13.6 Å². The Labute approximate surface area is 120 Å². The van der Waals surface area contributed by atoms with E-state index in [4.69, 9.17) is 14.2 Å². The molecule has 0 bridgehead atoms. The molecule has 0 aliphatic heterocycles. The third-order valence-corrected chi connectivity index (χ3v) is 4.67. The van der Waals surface area contributed by atoms with E-state index >= 15 is 0 Å². The summed E-state index contributed by atoms with van der Waals surface area (Å²) in [6, 6.07) is 0. The highest BCUT2D eigenvalue weighted by Crippen LogP contribution is 2.47. The van der Waals surface area contributed by atoms with E-state index < -0.39 is 7.60 Å². The van der Waals surface area contributed by atoms with E-state index in [1.54, 1.807) is 13.8 Å². The largest absolute Gasteiger partial charge is 0.469 e. The molecule has 0 spiro atoms. The van der Waals surface area contributed by atoms with Gasteiger partial charge in [-0.3, -0.25) is 14.3 Å². The van der Waals surface area contributed by atoms with Crippen molar-refractivity contribution in [3.63, 3.8) is 0 Å². The van der Waals surface area contributed by atoms with Gasteiger partial charge in [-0.05, 0) is 13.8 Å². The van der Waals surface area contributed by atoms with Crippen molar-refractivity contribution in [2.24, 2.45) is 0 Å². The Balaban J connectivity index is 4.34. The zero-order chi connectivity index (χ0) is 15.4. The monoisotopic (exact) mass is 311 g/mol. The first-order chi connectivity index (χ1) is 9.51. The fraction of sp³-hybridized carbons (Fsp3) is 0.917. The van der Waals surface area contributed by atoms with Crippen LogP contribution in [0.25, 0.3) is 0 Å². The van der Waals surface area contributed by atoms with Crippen LogP contribution < -0.4 is 0 Å². The first-order valence-electron chi connectivity index (χ1n) is 6.79. The summed E-state index contributed by atoms with van der Waals surface area (Å²) in [5, 5.41) is 9.01. The van der Waals surface area contributed by atoms with Crippen molar-refractivity contribution in [3.05, 3.63) is 0 Å². The van der Waals surface area contributed by atoms with Gasteiger partial charge in [-0.25, -0.2) is 0 Å². The van der Waals surface area contributed by atoms with Gasteiger partial charge in [0, 0.05) is 19.6 Å². The predicted molar refractivity (Wildman–Crippen MR) is 75.9 cm³/mol. The molecule has 0 atom stereocenters. The summed E-state index contributed by atoms with van der Waals surface area (Å²) in [4.78, 5) is 12.9. The minimum Gasteiger partial charge on any atom is -0.469 e. The highest BCUT2D eigenvalue weighted by atomic mass is 31.2. The second kappa shape index (κ2) is 11.2. The van der Waals surface area contributed by atoms with E-state index in [-0.39, 0.29) is 25.2 Å². The Morgan fingerprint density at radius 3 is 2.20 bits per heavy atom. The summed E-state index contributed by atoms with van der Waals surface area (Å²) in [5.74, 6) is -0.314. The molecule has 0 rings (SSSR count). The third kappa shape index (κ3) is 8.66.